The molecular weight excluding hydrogens is 477 g/mol. The van der Waals surface area contributed by atoms with Crippen molar-refractivity contribution in [2.45, 2.75) is 47.6 Å². The molecule has 1 saturated heterocycles. The number of halogens is 3. The van der Waals surface area contributed by atoms with Gasteiger partial charge in [0.1, 0.15) is 12.8 Å². The summed E-state index contributed by atoms with van der Waals surface area (Å²) in [6.07, 6.45) is -0.272. The summed E-state index contributed by atoms with van der Waals surface area (Å²) >= 11 is 17.9. The molecule has 1 aromatic rings. The van der Waals surface area contributed by atoms with Gasteiger partial charge in [-0.05, 0) is 37.1 Å². The van der Waals surface area contributed by atoms with Crippen molar-refractivity contribution in [2.75, 3.05) is 31.6 Å². The molecule has 1 amide bonds. The zero-order valence-electron chi connectivity index (χ0n) is 16.7. The lowest BCUT2D eigenvalue weighted by molar-refractivity contribution is 0.0432. The molecule has 8 nitrogen and oxygen atoms in total. The fourth-order valence-electron chi connectivity index (χ4n) is 2.91. The molecule has 1 heterocycles. The van der Waals surface area contributed by atoms with Crippen LogP contribution in [0.25, 0.3) is 0 Å². The molecule has 1 aromatic carbocycles. The molecule has 2 rings (SSSR count). The molecule has 0 unspecified atom stereocenters. The number of anilines is 1. The van der Waals surface area contributed by atoms with Gasteiger partial charge in [-0.1, -0.05) is 48.7 Å². The highest BCUT2D eigenvalue weighted by Crippen LogP contribution is 2.31. The number of rotatable bonds is 9. The normalized spacial score (nSPS) is 18.3. The lowest BCUT2D eigenvalue weighted by Gasteiger charge is -2.27. The van der Waals surface area contributed by atoms with Crippen molar-refractivity contribution in [1.29, 1.82) is 0 Å². The predicted octanol–water partition coefficient (Wildman–Crippen LogP) is 3.73. The van der Waals surface area contributed by atoms with Gasteiger partial charge in [-0.2, -0.15) is 4.31 Å². The topological polar surface area (TPSA) is 97.0 Å². The van der Waals surface area contributed by atoms with Gasteiger partial charge in [0.05, 0.1) is 11.0 Å². The molecule has 170 valence electrons. The number of ether oxygens (including phenoxy) is 2. The quantitative estimate of drug-likeness (QED) is 0.394. The van der Waals surface area contributed by atoms with Gasteiger partial charge in [0, 0.05) is 25.4 Å². The van der Waals surface area contributed by atoms with Crippen molar-refractivity contribution in [3.8, 4) is 0 Å². The summed E-state index contributed by atoms with van der Waals surface area (Å²) in [5, 5.41) is 5.33. The molecule has 0 aromatic heterocycles. The molecule has 30 heavy (non-hydrogen) atoms. The Kier molecular flexibility index (Phi) is 9.32. The molecule has 0 radical (unpaired) electrons. The molecule has 1 aliphatic heterocycles. The number of nitrogens with zero attached hydrogens (tertiary/aromatic N) is 1. The number of alkyl halides is 3. The van der Waals surface area contributed by atoms with Gasteiger partial charge in [0.25, 0.3) is 0 Å². The van der Waals surface area contributed by atoms with E-state index in [1.54, 1.807) is 13.8 Å². The summed E-state index contributed by atoms with van der Waals surface area (Å²) in [6, 6.07) is 5.95. The SMILES string of the molecule is CCN(CC)S(=O)(=O)c1ccc(N[C@@H](NC(=O)OC[C@H]2CCCO2)C(Cl)(Cl)Cl)cc1. The zero-order valence-corrected chi connectivity index (χ0v) is 19.8. The first kappa shape index (κ1) is 25.3. The van der Waals surface area contributed by atoms with E-state index >= 15 is 0 Å². The number of carbonyl (C=O) groups excluding carboxylic acids is 1. The number of alkyl carbamates (subject to hydrolysis) is 1. The first-order chi connectivity index (χ1) is 14.1. The number of nitrogens with one attached hydrogen (secondary N) is 2. The summed E-state index contributed by atoms with van der Waals surface area (Å²) in [5.41, 5.74) is 0.448. The van der Waals surface area contributed by atoms with Crippen LogP contribution in [-0.4, -0.2) is 61.2 Å². The van der Waals surface area contributed by atoms with Crippen LogP contribution in [0.1, 0.15) is 26.7 Å². The van der Waals surface area contributed by atoms with Gasteiger partial charge in [-0.25, -0.2) is 13.2 Å². The van der Waals surface area contributed by atoms with Crippen LogP contribution in [0.15, 0.2) is 29.2 Å². The molecule has 12 heteroatoms. The second-order valence-corrected chi connectivity index (χ2v) is 10.9. The fourth-order valence-corrected chi connectivity index (χ4v) is 4.69. The van der Waals surface area contributed by atoms with Crippen LogP contribution in [0.2, 0.25) is 0 Å². The van der Waals surface area contributed by atoms with Crippen molar-refractivity contribution in [3.05, 3.63) is 24.3 Å². The van der Waals surface area contributed by atoms with Gasteiger partial charge in [0.15, 0.2) is 0 Å². The second kappa shape index (κ2) is 11.1. The smallest absolute Gasteiger partial charge is 0.408 e. The van der Waals surface area contributed by atoms with E-state index in [0.717, 1.165) is 12.8 Å². The molecule has 0 spiro atoms. The maximum absolute atomic E-state index is 12.6. The molecule has 1 fully saturated rings. The molecule has 0 aliphatic carbocycles. The maximum Gasteiger partial charge on any atom is 0.408 e. The second-order valence-electron chi connectivity index (χ2n) is 6.61. The van der Waals surface area contributed by atoms with Crippen molar-refractivity contribution in [1.82, 2.24) is 9.62 Å². The third kappa shape index (κ3) is 7.03. The highest BCUT2D eigenvalue weighted by Gasteiger charge is 2.35. The third-order valence-corrected chi connectivity index (χ3v) is 7.24. The van der Waals surface area contributed by atoms with E-state index in [0.29, 0.717) is 25.4 Å². The summed E-state index contributed by atoms with van der Waals surface area (Å²) in [5.74, 6) is 0. The van der Waals surface area contributed by atoms with Gasteiger partial charge < -0.3 is 14.8 Å². The van der Waals surface area contributed by atoms with Crippen LogP contribution in [0.4, 0.5) is 10.5 Å². The van der Waals surface area contributed by atoms with Crippen LogP contribution in [0.3, 0.4) is 0 Å². The summed E-state index contributed by atoms with van der Waals surface area (Å²) in [6.45, 7) is 5.03. The molecule has 1 aliphatic rings. The van der Waals surface area contributed by atoms with Crippen LogP contribution in [0, 0.1) is 0 Å². The monoisotopic (exact) mass is 501 g/mol. The summed E-state index contributed by atoms with van der Waals surface area (Å²) in [4.78, 5) is 12.2. The standard InChI is InChI=1S/C18H26Cl3N3O5S/c1-3-24(4-2)30(26,27)15-9-7-13(8-10-15)22-16(18(19,20)21)23-17(25)29-12-14-6-5-11-28-14/h7-10,14,16,22H,3-6,11-12H2,1-2H3,(H,23,25)/t14-,16+/m1/s1. The third-order valence-electron chi connectivity index (χ3n) is 4.52. The Morgan fingerprint density at radius 3 is 2.40 bits per heavy atom. The van der Waals surface area contributed by atoms with E-state index in [1.165, 1.54) is 28.6 Å². The number of amides is 1. The van der Waals surface area contributed by atoms with Crippen molar-refractivity contribution in [2.24, 2.45) is 0 Å². The lowest BCUT2D eigenvalue weighted by atomic mass is 10.2. The molecule has 0 bridgehead atoms. The van der Waals surface area contributed by atoms with E-state index in [-0.39, 0.29) is 17.6 Å². The van der Waals surface area contributed by atoms with Gasteiger partial charge >= 0.3 is 6.09 Å². The van der Waals surface area contributed by atoms with Crippen LogP contribution in [-0.2, 0) is 19.5 Å². The number of carbonyl (C=O) groups is 1. The fraction of sp³-hybridized carbons (Fsp3) is 0.611. The maximum atomic E-state index is 12.6. The summed E-state index contributed by atoms with van der Waals surface area (Å²) in [7, 11) is -3.58. The van der Waals surface area contributed by atoms with Gasteiger partial charge in [-0.3, -0.25) is 5.32 Å². The van der Waals surface area contributed by atoms with Crippen molar-refractivity contribution >= 4 is 56.6 Å². The van der Waals surface area contributed by atoms with Gasteiger partial charge in [-0.15, -0.1) is 0 Å². The van der Waals surface area contributed by atoms with E-state index in [1.807, 2.05) is 0 Å². The molecular formula is C18H26Cl3N3O5S. The number of hydrogen-bond acceptors (Lipinski definition) is 6. The summed E-state index contributed by atoms with van der Waals surface area (Å²) < 4.78 is 35.1. The van der Waals surface area contributed by atoms with Gasteiger partial charge in [0.2, 0.25) is 13.8 Å². The minimum absolute atomic E-state index is 0.107. The Balaban J connectivity index is 2.03. The van der Waals surface area contributed by atoms with E-state index in [2.05, 4.69) is 10.6 Å². The van der Waals surface area contributed by atoms with E-state index < -0.39 is 26.1 Å². The van der Waals surface area contributed by atoms with E-state index in [4.69, 9.17) is 44.3 Å². The van der Waals surface area contributed by atoms with Crippen LogP contribution >= 0.6 is 34.8 Å². The highest BCUT2D eigenvalue weighted by molar-refractivity contribution is 7.89. The Morgan fingerprint density at radius 1 is 1.27 bits per heavy atom. The average Bonchev–Trinajstić information content (AvgIpc) is 3.20. The Morgan fingerprint density at radius 2 is 1.90 bits per heavy atom. The Hall–Kier alpha value is -0.970. The molecule has 2 N–H and O–H groups in total. The van der Waals surface area contributed by atoms with Crippen LogP contribution < -0.4 is 10.6 Å². The highest BCUT2D eigenvalue weighted by atomic mass is 35.6. The predicted molar refractivity (Wildman–Crippen MR) is 118 cm³/mol. The number of sulfonamides is 1. The number of hydrogen-bond donors (Lipinski definition) is 2. The van der Waals surface area contributed by atoms with Crippen molar-refractivity contribution in [3.63, 3.8) is 0 Å². The van der Waals surface area contributed by atoms with E-state index in [9.17, 15) is 13.2 Å². The van der Waals surface area contributed by atoms with Crippen LogP contribution in [0.5, 0.6) is 0 Å². The zero-order chi connectivity index (χ0) is 22.4. The Bertz CT molecular complexity index is 792. The minimum Gasteiger partial charge on any atom is -0.447 e. The van der Waals surface area contributed by atoms with Crippen molar-refractivity contribution < 1.29 is 22.7 Å². The molecule has 2 atom stereocenters. The Labute approximate surface area is 192 Å². The largest absolute Gasteiger partial charge is 0.447 e. The first-order valence-electron chi connectivity index (χ1n) is 9.56. The number of benzene rings is 1. The first-order valence-corrected chi connectivity index (χ1v) is 12.1. The molecule has 0 saturated carbocycles. The average molecular weight is 503 g/mol. The lowest BCUT2D eigenvalue weighted by Crippen LogP contribution is -2.49. The minimum atomic E-state index is -3.58.